The van der Waals surface area contributed by atoms with Crippen molar-refractivity contribution >= 4 is 23.4 Å². The zero-order chi connectivity index (χ0) is 19.6. The van der Waals surface area contributed by atoms with Gasteiger partial charge in [0, 0.05) is 18.2 Å². The molecule has 1 N–H and O–H groups in total. The van der Waals surface area contributed by atoms with Crippen molar-refractivity contribution in [1.82, 2.24) is 10.2 Å². The average Bonchev–Trinajstić information content (AvgIpc) is 2.99. The van der Waals surface area contributed by atoms with E-state index in [1.807, 2.05) is 24.0 Å². The van der Waals surface area contributed by atoms with Crippen molar-refractivity contribution in [1.29, 1.82) is 0 Å². The Kier molecular flexibility index (Phi) is 5.63. The topological polar surface area (TPSA) is 75.7 Å². The van der Waals surface area contributed by atoms with Crippen LogP contribution in [-0.2, 0) is 9.53 Å². The van der Waals surface area contributed by atoms with Crippen molar-refractivity contribution < 1.29 is 19.1 Å². The van der Waals surface area contributed by atoms with E-state index < -0.39 is 0 Å². The van der Waals surface area contributed by atoms with Gasteiger partial charge in [0.1, 0.15) is 0 Å². The summed E-state index contributed by atoms with van der Waals surface area (Å²) >= 11 is 0. The zero-order valence-corrected chi connectivity index (χ0v) is 16.1. The molecular formula is C21H26N2O4. The highest BCUT2D eigenvalue weighted by Gasteiger charge is 2.46. The summed E-state index contributed by atoms with van der Waals surface area (Å²) < 4.78 is 5.05. The first-order valence-corrected chi connectivity index (χ1v) is 9.46. The maximum atomic E-state index is 12.6. The minimum Gasteiger partial charge on any atom is -0.466 e. The van der Waals surface area contributed by atoms with Crippen LogP contribution in [0.2, 0.25) is 0 Å². The average molecular weight is 370 g/mol. The van der Waals surface area contributed by atoms with E-state index in [9.17, 15) is 14.4 Å². The smallest absolute Gasteiger partial charge is 0.336 e. The molecule has 3 rings (SSSR count). The fraction of sp³-hybridized carbons (Fsp3) is 0.476. The molecule has 6 nitrogen and oxygen atoms in total. The lowest BCUT2D eigenvalue weighted by Crippen LogP contribution is -2.51. The van der Waals surface area contributed by atoms with Gasteiger partial charge in [-0.3, -0.25) is 4.79 Å². The normalized spacial score (nSPS) is 21.2. The van der Waals surface area contributed by atoms with E-state index in [0.29, 0.717) is 24.1 Å². The first-order chi connectivity index (χ1) is 13.0. The highest BCUT2D eigenvalue weighted by Crippen LogP contribution is 2.43. The molecule has 2 amide bonds. The molecule has 1 aromatic carbocycles. The van der Waals surface area contributed by atoms with Crippen molar-refractivity contribution in [2.24, 2.45) is 0 Å². The van der Waals surface area contributed by atoms with Crippen molar-refractivity contribution in [3.8, 4) is 0 Å². The molecule has 0 spiro atoms. The second-order valence-electron chi connectivity index (χ2n) is 7.11. The third-order valence-electron chi connectivity index (χ3n) is 5.41. The van der Waals surface area contributed by atoms with Crippen molar-refractivity contribution in [2.45, 2.75) is 51.6 Å². The van der Waals surface area contributed by atoms with Gasteiger partial charge in [-0.1, -0.05) is 31.2 Å². The Balaban J connectivity index is 1.99. The SMILES string of the molecule is CCCNC(=O)N1[C@@H]2CC[C@H]1C(C(=O)OC)=C(c1ccc(C(C)=O)cc1)C2. The fourth-order valence-corrected chi connectivity index (χ4v) is 4.09. The van der Waals surface area contributed by atoms with Gasteiger partial charge in [0.2, 0.25) is 0 Å². The highest BCUT2D eigenvalue weighted by atomic mass is 16.5. The predicted octanol–water partition coefficient (Wildman–Crippen LogP) is 3.17. The summed E-state index contributed by atoms with van der Waals surface area (Å²) in [6.45, 7) is 4.15. The summed E-state index contributed by atoms with van der Waals surface area (Å²) in [7, 11) is 1.37. The van der Waals surface area contributed by atoms with Crippen LogP contribution >= 0.6 is 0 Å². The monoisotopic (exact) mass is 370 g/mol. The second-order valence-corrected chi connectivity index (χ2v) is 7.11. The van der Waals surface area contributed by atoms with Crippen molar-refractivity contribution in [3.05, 3.63) is 41.0 Å². The third kappa shape index (κ3) is 3.61. The summed E-state index contributed by atoms with van der Waals surface area (Å²) in [5, 5.41) is 2.93. The molecule has 1 saturated heterocycles. The largest absolute Gasteiger partial charge is 0.466 e. The molecule has 0 aromatic heterocycles. The lowest BCUT2D eigenvalue weighted by molar-refractivity contribution is -0.136. The maximum Gasteiger partial charge on any atom is 0.336 e. The van der Waals surface area contributed by atoms with E-state index in [1.54, 1.807) is 12.1 Å². The van der Waals surface area contributed by atoms with Crippen LogP contribution in [0.25, 0.3) is 5.57 Å². The molecule has 0 unspecified atom stereocenters. The summed E-state index contributed by atoms with van der Waals surface area (Å²) in [5.74, 6) is -0.384. The van der Waals surface area contributed by atoms with E-state index >= 15 is 0 Å². The number of ether oxygens (including phenoxy) is 1. The molecule has 1 aromatic rings. The number of rotatable bonds is 5. The molecule has 0 aliphatic carbocycles. The van der Waals surface area contributed by atoms with Gasteiger partial charge in [-0.05, 0) is 43.7 Å². The number of nitrogens with zero attached hydrogens (tertiary/aromatic N) is 1. The number of carbonyl (C=O) groups excluding carboxylic acids is 3. The summed E-state index contributed by atoms with van der Waals surface area (Å²) in [6.07, 6.45) is 3.09. The lowest BCUT2D eigenvalue weighted by Gasteiger charge is -2.37. The van der Waals surface area contributed by atoms with E-state index in [1.165, 1.54) is 14.0 Å². The van der Waals surface area contributed by atoms with Crippen LogP contribution in [0.3, 0.4) is 0 Å². The number of hydrogen-bond acceptors (Lipinski definition) is 4. The van der Waals surface area contributed by atoms with E-state index in [4.69, 9.17) is 4.74 Å². The maximum absolute atomic E-state index is 12.6. The molecule has 27 heavy (non-hydrogen) atoms. The number of Topliss-reactive ketones (excluding diaryl/α,β-unsaturated/α-hetero) is 1. The highest BCUT2D eigenvalue weighted by molar-refractivity contribution is 6.01. The molecule has 0 saturated carbocycles. The number of fused-ring (bicyclic) bond motifs is 2. The van der Waals surface area contributed by atoms with Crippen LogP contribution in [0, 0.1) is 0 Å². The number of benzene rings is 1. The van der Waals surface area contributed by atoms with E-state index in [0.717, 1.165) is 30.4 Å². The van der Waals surface area contributed by atoms with Crippen molar-refractivity contribution in [3.63, 3.8) is 0 Å². The molecule has 2 aliphatic heterocycles. The third-order valence-corrected chi connectivity index (χ3v) is 5.41. The van der Waals surface area contributed by atoms with Gasteiger partial charge in [-0.2, -0.15) is 0 Å². The van der Waals surface area contributed by atoms with Crippen LogP contribution in [0.1, 0.15) is 55.5 Å². The Morgan fingerprint density at radius 3 is 2.48 bits per heavy atom. The number of hydrogen-bond donors (Lipinski definition) is 1. The standard InChI is InChI=1S/C21H26N2O4/c1-4-11-22-21(26)23-16-9-10-18(23)19(20(25)27-3)17(12-16)15-7-5-14(6-8-15)13(2)24/h5-8,16,18H,4,9-12H2,1-3H3,(H,22,26)/t16-,18+/m1/s1. The molecule has 2 bridgehead atoms. The molecule has 144 valence electrons. The van der Waals surface area contributed by atoms with Crippen LogP contribution in [0.4, 0.5) is 4.79 Å². The number of methoxy groups -OCH3 is 1. The molecule has 1 fully saturated rings. The number of urea groups is 1. The Morgan fingerprint density at radius 1 is 1.19 bits per heavy atom. The Bertz CT molecular complexity index is 782. The van der Waals surface area contributed by atoms with E-state index in [-0.39, 0.29) is 29.9 Å². The first kappa shape index (κ1) is 19.1. The van der Waals surface area contributed by atoms with Crippen LogP contribution in [0.5, 0.6) is 0 Å². The minimum absolute atomic E-state index is 0.00575. The summed E-state index contributed by atoms with van der Waals surface area (Å²) in [6, 6.07) is 7.00. The second kappa shape index (κ2) is 7.94. The molecule has 2 atom stereocenters. The van der Waals surface area contributed by atoms with Gasteiger partial charge >= 0.3 is 12.0 Å². The number of carbonyl (C=O) groups is 3. The molecule has 2 aliphatic rings. The van der Waals surface area contributed by atoms with Gasteiger partial charge in [0.05, 0.1) is 18.7 Å². The lowest BCUT2D eigenvalue weighted by atomic mass is 9.88. The Morgan fingerprint density at radius 2 is 1.89 bits per heavy atom. The van der Waals surface area contributed by atoms with E-state index in [2.05, 4.69) is 5.32 Å². The number of amides is 2. The fourth-order valence-electron chi connectivity index (χ4n) is 4.09. The predicted molar refractivity (Wildman–Crippen MR) is 102 cm³/mol. The van der Waals surface area contributed by atoms with Gasteiger partial charge in [-0.25, -0.2) is 9.59 Å². The zero-order valence-electron chi connectivity index (χ0n) is 16.1. The van der Waals surface area contributed by atoms with Crippen LogP contribution < -0.4 is 5.32 Å². The van der Waals surface area contributed by atoms with Gasteiger partial charge < -0.3 is 15.0 Å². The molecule has 6 heteroatoms. The summed E-state index contributed by atoms with van der Waals surface area (Å²) in [4.78, 5) is 38.6. The first-order valence-electron chi connectivity index (χ1n) is 9.46. The Labute approximate surface area is 159 Å². The number of esters is 1. The van der Waals surface area contributed by atoms with Crippen molar-refractivity contribution in [2.75, 3.05) is 13.7 Å². The minimum atomic E-state index is -0.390. The number of ketones is 1. The molecular weight excluding hydrogens is 344 g/mol. The molecule has 2 heterocycles. The molecule has 0 radical (unpaired) electrons. The Hall–Kier alpha value is -2.63. The summed E-state index contributed by atoms with van der Waals surface area (Å²) in [5.41, 5.74) is 3.03. The van der Waals surface area contributed by atoms with Gasteiger partial charge in [-0.15, -0.1) is 0 Å². The quantitative estimate of drug-likeness (QED) is 0.638. The van der Waals surface area contributed by atoms with Crippen LogP contribution in [-0.4, -0.2) is 48.4 Å². The van der Waals surface area contributed by atoms with Gasteiger partial charge in [0.15, 0.2) is 5.78 Å². The number of nitrogens with one attached hydrogen (secondary N) is 1. The van der Waals surface area contributed by atoms with Crippen LogP contribution in [0.15, 0.2) is 29.8 Å². The van der Waals surface area contributed by atoms with Gasteiger partial charge in [0.25, 0.3) is 0 Å².